The number of rotatable bonds is 3. The minimum Gasteiger partial charge on any atom is -0.353 e. The van der Waals surface area contributed by atoms with Gasteiger partial charge < -0.3 is 9.64 Å². The van der Waals surface area contributed by atoms with E-state index in [1.165, 1.54) is 0 Å². The Bertz CT molecular complexity index is 649. The van der Waals surface area contributed by atoms with Gasteiger partial charge in [-0.15, -0.1) is 0 Å². The van der Waals surface area contributed by atoms with Crippen LogP contribution in [-0.4, -0.2) is 34.6 Å². The second kappa shape index (κ2) is 5.03. The van der Waals surface area contributed by atoms with E-state index in [0.717, 1.165) is 5.56 Å². The summed E-state index contributed by atoms with van der Waals surface area (Å²) < 4.78 is 6.19. The number of nitro groups is 1. The van der Waals surface area contributed by atoms with Crippen LogP contribution in [0, 0.1) is 27.9 Å². The largest absolute Gasteiger partial charge is 0.353 e. The predicted octanol–water partition coefficient (Wildman–Crippen LogP) is 2.24. The highest BCUT2D eigenvalue weighted by molar-refractivity contribution is 5.81. The van der Waals surface area contributed by atoms with Crippen LogP contribution < -0.4 is 0 Å². The van der Waals surface area contributed by atoms with Gasteiger partial charge in [0.1, 0.15) is 5.72 Å². The molecule has 6 nitrogen and oxygen atoms in total. The summed E-state index contributed by atoms with van der Waals surface area (Å²) in [5.74, 6) is 0.106. The number of hydrogen-bond acceptors (Lipinski definition) is 4. The van der Waals surface area contributed by atoms with Crippen LogP contribution in [0.25, 0.3) is 0 Å². The van der Waals surface area contributed by atoms with Gasteiger partial charge in [-0.25, -0.2) is 0 Å². The molecule has 2 heterocycles. The van der Waals surface area contributed by atoms with Crippen molar-refractivity contribution in [2.24, 2.45) is 17.8 Å². The number of nitrogens with zero attached hydrogens (tertiary/aromatic N) is 2. The van der Waals surface area contributed by atoms with Crippen molar-refractivity contribution in [3.05, 3.63) is 46.0 Å². The third-order valence-electron chi connectivity index (χ3n) is 5.86. The van der Waals surface area contributed by atoms with Gasteiger partial charge in [-0.2, -0.15) is 0 Å². The monoisotopic (exact) mass is 316 g/mol. The Morgan fingerprint density at radius 2 is 2.13 bits per heavy atom. The summed E-state index contributed by atoms with van der Waals surface area (Å²) in [6.45, 7) is 2.45. The molecule has 6 heteroatoms. The molecule has 1 spiro atoms. The average molecular weight is 316 g/mol. The molecule has 4 rings (SSSR count). The second-order valence-electron chi connectivity index (χ2n) is 7.02. The van der Waals surface area contributed by atoms with Crippen LogP contribution in [-0.2, 0) is 9.53 Å². The molecule has 1 aromatic rings. The maximum Gasteiger partial charge on any atom is 0.225 e. The summed E-state index contributed by atoms with van der Waals surface area (Å²) in [6.07, 6.45) is 1.07. The van der Waals surface area contributed by atoms with E-state index in [2.05, 4.69) is 0 Å². The number of amides is 1. The first kappa shape index (κ1) is 14.6. The summed E-state index contributed by atoms with van der Waals surface area (Å²) in [5.41, 5.74) is 0.446. The highest BCUT2D eigenvalue weighted by Crippen LogP contribution is 2.59. The number of benzene rings is 1. The van der Waals surface area contributed by atoms with Crippen molar-refractivity contribution in [3.8, 4) is 0 Å². The Labute approximate surface area is 134 Å². The third-order valence-corrected chi connectivity index (χ3v) is 5.86. The molecule has 5 atom stereocenters. The first-order valence-corrected chi connectivity index (χ1v) is 8.16. The van der Waals surface area contributed by atoms with Crippen LogP contribution >= 0.6 is 0 Å². The molecule has 0 radical (unpaired) electrons. The van der Waals surface area contributed by atoms with Gasteiger partial charge in [-0.1, -0.05) is 37.3 Å². The zero-order valence-corrected chi connectivity index (χ0v) is 13.1. The Kier molecular flexibility index (Phi) is 3.20. The van der Waals surface area contributed by atoms with E-state index in [1.54, 1.807) is 0 Å². The molecular formula is C17H20N2O4. The molecule has 1 amide bonds. The van der Waals surface area contributed by atoms with Crippen molar-refractivity contribution in [2.45, 2.75) is 31.5 Å². The Balaban J connectivity index is 1.69. The molecule has 0 N–H and O–H groups in total. The number of ether oxygens (including phenoxy) is 1. The zero-order valence-electron chi connectivity index (χ0n) is 13.1. The van der Waals surface area contributed by atoms with Gasteiger partial charge >= 0.3 is 0 Å². The average Bonchev–Trinajstić information content (AvgIpc) is 3.09. The fourth-order valence-corrected chi connectivity index (χ4v) is 4.95. The summed E-state index contributed by atoms with van der Waals surface area (Å²) in [7, 11) is 0. The van der Waals surface area contributed by atoms with Gasteiger partial charge in [0.25, 0.3) is 0 Å². The van der Waals surface area contributed by atoms with Crippen LogP contribution in [0.3, 0.4) is 0 Å². The third kappa shape index (κ3) is 2.01. The zero-order chi connectivity index (χ0) is 16.2. The van der Waals surface area contributed by atoms with E-state index in [-0.39, 0.29) is 41.2 Å². The van der Waals surface area contributed by atoms with Crippen molar-refractivity contribution in [1.29, 1.82) is 0 Å². The molecule has 0 bridgehead atoms. The topological polar surface area (TPSA) is 72.7 Å². The van der Waals surface area contributed by atoms with E-state index < -0.39 is 5.72 Å². The molecule has 23 heavy (non-hydrogen) atoms. The van der Waals surface area contributed by atoms with Crippen molar-refractivity contribution in [1.82, 2.24) is 4.90 Å². The first-order chi connectivity index (χ1) is 11.0. The molecule has 3 aliphatic rings. The van der Waals surface area contributed by atoms with Crippen LogP contribution in [0.2, 0.25) is 0 Å². The van der Waals surface area contributed by atoms with Gasteiger partial charge in [0.15, 0.2) is 0 Å². The van der Waals surface area contributed by atoms with Crippen molar-refractivity contribution in [2.75, 3.05) is 13.2 Å². The van der Waals surface area contributed by atoms with E-state index in [1.807, 2.05) is 42.2 Å². The molecule has 0 unspecified atom stereocenters. The first-order valence-electron chi connectivity index (χ1n) is 8.16. The quantitative estimate of drug-likeness (QED) is 0.633. The fraction of sp³-hybridized carbons (Fsp3) is 0.588. The van der Waals surface area contributed by atoms with E-state index in [4.69, 9.17) is 4.74 Å². The molecule has 2 aliphatic heterocycles. The molecule has 1 saturated carbocycles. The van der Waals surface area contributed by atoms with Gasteiger partial charge in [-0.05, 0) is 17.9 Å². The summed E-state index contributed by atoms with van der Waals surface area (Å²) in [6, 6.07) is 9.83. The van der Waals surface area contributed by atoms with Crippen LogP contribution in [0.4, 0.5) is 0 Å². The maximum atomic E-state index is 12.7. The van der Waals surface area contributed by atoms with E-state index in [9.17, 15) is 14.9 Å². The summed E-state index contributed by atoms with van der Waals surface area (Å²) in [5, 5.41) is 11.0. The highest BCUT2D eigenvalue weighted by Gasteiger charge is 2.67. The van der Waals surface area contributed by atoms with Crippen LogP contribution in [0.1, 0.15) is 31.4 Å². The Morgan fingerprint density at radius 1 is 1.39 bits per heavy atom. The number of hydrogen-bond donors (Lipinski definition) is 0. The van der Waals surface area contributed by atoms with E-state index in [0.29, 0.717) is 19.4 Å². The predicted molar refractivity (Wildman–Crippen MR) is 82.0 cm³/mol. The SMILES string of the molecule is C[C@H]1C[C@@]23OC[C@@H](c4ccccc4)N2C(=O)C[C@H]3[C@@H]1C[N+](=O)[O-]. The number of carbonyl (C=O) groups excluding carboxylic acids is 1. The molecular weight excluding hydrogens is 296 g/mol. The molecule has 122 valence electrons. The lowest BCUT2D eigenvalue weighted by molar-refractivity contribution is -0.491. The second-order valence-corrected chi connectivity index (χ2v) is 7.02. The summed E-state index contributed by atoms with van der Waals surface area (Å²) in [4.78, 5) is 25.3. The van der Waals surface area contributed by atoms with Gasteiger partial charge in [0, 0.05) is 23.2 Å². The molecule has 1 aromatic carbocycles. The van der Waals surface area contributed by atoms with Gasteiger partial charge in [0.2, 0.25) is 12.5 Å². The standard InChI is InChI=1S/C17H20N2O4/c1-11-8-17-14(13(11)9-18(21)22)7-16(20)19(17)15(10-23-17)12-5-3-2-4-6-12/h2-6,11,13-15H,7-10H2,1H3/t11-,13+,14-,15-,17-/m0/s1. The lowest BCUT2D eigenvalue weighted by Gasteiger charge is -2.33. The summed E-state index contributed by atoms with van der Waals surface area (Å²) >= 11 is 0. The lowest BCUT2D eigenvalue weighted by atomic mass is 9.88. The van der Waals surface area contributed by atoms with Gasteiger partial charge in [0.05, 0.1) is 12.6 Å². The molecule has 0 aromatic heterocycles. The Hall–Kier alpha value is -1.95. The normalized spacial score (nSPS) is 38.7. The maximum absolute atomic E-state index is 12.7. The Morgan fingerprint density at radius 3 is 2.83 bits per heavy atom. The highest BCUT2D eigenvalue weighted by atomic mass is 16.6. The molecule has 1 aliphatic carbocycles. The minimum absolute atomic E-state index is 0.0656. The number of carbonyl (C=O) groups is 1. The van der Waals surface area contributed by atoms with Crippen molar-refractivity contribution < 1.29 is 14.5 Å². The molecule has 2 saturated heterocycles. The van der Waals surface area contributed by atoms with Crippen molar-refractivity contribution in [3.63, 3.8) is 0 Å². The van der Waals surface area contributed by atoms with E-state index >= 15 is 0 Å². The van der Waals surface area contributed by atoms with Crippen molar-refractivity contribution >= 4 is 5.91 Å². The molecule has 3 fully saturated rings. The van der Waals surface area contributed by atoms with Crippen LogP contribution in [0.5, 0.6) is 0 Å². The lowest BCUT2D eigenvalue weighted by Crippen LogP contribution is -2.44. The van der Waals surface area contributed by atoms with Gasteiger partial charge in [-0.3, -0.25) is 14.9 Å². The minimum atomic E-state index is -0.627. The fourth-order valence-electron chi connectivity index (χ4n) is 4.95. The smallest absolute Gasteiger partial charge is 0.225 e. The van der Waals surface area contributed by atoms with Crippen LogP contribution in [0.15, 0.2) is 30.3 Å².